The van der Waals surface area contributed by atoms with Crippen LogP contribution in [0.2, 0.25) is 0 Å². The van der Waals surface area contributed by atoms with E-state index in [2.05, 4.69) is 30.2 Å². The fraction of sp³-hybridized carbons (Fsp3) is 0.143. The van der Waals surface area contributed by atoms with Gasteiger partial charge in [0.25, 0.3) is 0 Å². The van der Waals surface area contributed by atoms with Crippen LogP contribution in [0.15, 0.2) is 61.7 Å². The number of nitrogens with one attached hydrogen (secondary N) is 1. The molecule has 4 aromatic rings. The molecule has 0 aliphatic heterocycles. The van der Waals surface area contributed by atoms with Crippen LogP contribution in [0.3, 0.4) is 0 Å². The van der Waals surface area contributed by atoms with E-state index in [1.807, 2.05) is 0 Å². The Morgan fingerprint density at radius 2 is 1.78 bits per heavy atom. The fourth-order valence-electron chi connectivity index (χ4n) is 3.04. The van der Waals surface area contributed by atoms with E-state index < -0.39 is 11.9 Å². The van der Waals surface area contributed by atoms with Crippen LogP contribution in [0.25, 0.3) is 22.4 Å². The lowest BCUT2D eigenvalue weighted by molar-refractivity contribution is -0.141. The lowest BCUT2D eigenvalue weighted by Crippen LogP contribution is -2.19. The summed E-state index contributed by atoms with van der Waals surface area (Å²) in [4.78, 5) is 32.1. The Hall–Kier alpha value is -4.15. The van der Waals surface area contributed by atoms with Gasteiger partial charge in [0.15, 0.2) is 0 Å². The Labute approximate surface area is 180 Å². The number of carbonyl (C=O) groups excluding carboxylic acids is 1. The third-order valence-corrected chi connectivity index (χ3v) is 4.66. The maximum absolute atomic E-state index is 12.9. The number of pyridine rings is 2. The third kappa shape index (κ3) is 4.61. The molecule has 0 atom stereocenters. The number of hydrogen-bond donors (Lipinski definition) is 1. The van der Waals surface area contributed by atoms with Gasteiger partial charge < -0.3 is 9.88 Å². The third-order valence-electron chi connectivity index (χ3n) is 4.66. The van der Waals surface area contributed by atoms with E-state index in [-0.39, 0.29) is 18.0 Å². The van der Waals surface area contributed by atoms with Crippen LogP contribution in [-0.2, 0) is 17.5 Å². The molecular formula is C21H16F3N7O. The van der Waals surface area contributed by atoms with Crippen molar-refractivity contribution in [2.45, 2.75) is 19.6 Å². The number of amides is 1. The Bertz CT molecular complexity index is 1240. The molecule has 0 saturated carbocycles. The van der Waals surface area contributed by atoms with Crippen molar-refractivity contribution in [1.82, 2.24) is 29.5 Å². The molecular weight excluding hydrogens is 423 g/mol. The van der Waals surface area contributed by atoms with E-state index >= 15 is 0 Å². The highest BCUT2D eigenvalue weighted by molar-refractivity contribution is 5.89. The highest BCUT2D eigenvalue weighted by atomic mass is 19.4. The van der Waals surface area contributed by atoms with Crippen LogP contribution in [0, 0.1) is 6.92 Å². The van der Waals surface area contributed by atoms with Gasteiger partial charge in [0.05, 0.1) is 12.0 Å². The lowest BCUT2D eigenvalue weighted by Gasteiger charge is -2.09. The zero-order valence-electron chi connectivity index (χ0n) is 16.7. The topological polar surface area (TPSA) is 98.5 Å². The Morgan fingerprint density at radius 1 is 1.00 bits per heavy atom. The maximum atomic E-state index is 12.9. The van der Waals surface area contributed by atoms with Gasteiger partial charge in [-0.1, -0.05) is 0 Å². The molecule has 4 rings (SSSR count). The Morgan fingerprint density at radius 3 is 2.47 bits per heavy atom. The van der Waals surface area contributed by atoms with Gasteiger partial charge in [0.1, 0.15) is 24.4 Å². The van der Waals surface area contributed by atoms with Crippen LogP contribution >= 0.6 is 0 Å². The van der Waals surface area contributed by atoms with Crippen LogP contribution in [0.4, 0.5) is 19.0 Å². The van der Waals surface area contributed by atoms with Crippen molar-refractivity contribution in [3.63, 3.8) is 0 Å². The fourth-order valence-corrected chi connectivity index (χ4v) is 3.04. The second-order valence-corrected chi connectivity index (χ2v) is 6.84. The summed E-state index contributed by atoms with van der Waals surface area (Å²) < 4.78 is 40.4. The van der Waals surface area contributed by atoms with Crippen LogP contribution < -0.4 is 5.32 Å². The van der Waals surface area contributed by atoms with Crippen molar-refractivity contribution < 1.29 is 18.0 Å². The van der Waals surface area contributed by atoms with Gasteiger partial charge in [-0.05, 0) is 31.2 Å². The summed E-state index contributed by atoms with van der Waals surface area (Å²) in [5, 5.41) is 2.69. The second-order valence-electron chi connectivity index (χ2n) is 6.84. The number of anilines is 1. The molecule has 4 heterocycles. The van der Waals surface area contributed by atoms with Gasteiger partial charge in [-0.2, -0.15) is 13.2 Å². The molecule has 8 nitrogen and oxygen atoms in total. The van der Waals surface area contributed by atoms with E-state index in [0.29, 0.717) is 17.2 Å². The first-order valence-corrected chi connectivity index (χ1v) is 9.38. The Balaban J connectivity index is 1.45. The van der Waals surface area contributed by atoms with Crippen LogP contribution in [0.5, 0.6) is 0 Å². The average Bonchev–Trinajstić information content (AvgIpc) is 3.14. The zero-order valence-corrected chi connectivity index (χ0v) is 16.7. The van der Waals surface area contributed by atoms with Gasteiger partial charge in [-0.25, -0.2) is 19.9 Å². The molecule has 0 bridgehead atoms. The minimum absolute atomic E-state index is 0.0774. The number of rotatable bonds is 5. The van der Waals surface area contributed by atoms with E-state index in [1.54, 1.807) is 42.2 Å². The lowest BCUT2D eigenvalue weighted by atomic mass is 10.1. The van der Waals surface area contributed by atoms with E-state index in [1.165, 1.54) is 18.7 Å². The number of nitrogens with zero attached hydrogens (tertiary/aromatic N) is 6. The molecule has 1 N–H and O–H groups in total. The normalized spacial score (nSPS) is 11.4. The van der Waals surface area contributed by atoms with Gasteiger partial charge in [0, 0.05) is 47.2 Å². The summed E-state index contributed by atoms with van der Waals surface area (Å²) in [6.45, 7) is 1.60. The van der Waals surface area contributed by atoms with Crippen LogP contribution in [-0.4, -0.2) is 35.4 Å². The van der Waals surface area contributed by atoms with Crippen LogP contribution in [0.1, 0.15) is 11.4 Å². The predicted octanol–water partition coefficient (Wildman–Crippen LogP) is 3.76. The molecule has 0 spiro atoms. The molecule has 1 amide bonds. The zero-order chi connectivity index (χ0) is 22.7. The van der Waals surface area contributed by atoms with Crippen molar-refractivity contribution in [3.8, 4) is 22.4 Å². The first kappa shape index (κ1) is 21.1. The highest BCUT2D eigenvalue weighted by Crippen LogP contribution is 2.31. The summed E-state index contributed by atoms with van der Waals surface area (Å²) in [5.41, 5.74) is 1.76. The molecule has 162 valence electrons. The summed E-state index contributed by atoms with van der Waals surface area (Å²) >= 11 is 0. The highest BCUT2D eigenvalue weighted by Gasteiger charge is 2.32. The first-order chi connectivity index (χ1) is 15.3. The molecule has 0 unspecified atom stereocenters. The quantitative estimate of drug-likeness (QED) is 0.508. The molecule has 0 aliphatic rings. The molecule has 0 fully saturated rings. The summed E-state index contributed by atoms with van der Waals surface area (Å²) in [6.07, 6.45) is 4.27. The second kappa shape index (κ2) is 8.53. The largest absolute Gasteiger partial charge is 0.433 e. The monoisotopic (exact) mass is 439 g/mol. The van der Waals surface area contributed by atoms with Gasteiger partial charge >= 0.3 is 6.18 Å². The molecule has 0 saturated heterocycles. The van der Waals surface area contributed by atoms with Crippen molar-refractivity contribution in [3.05, 3.63) is 73.1 Å². The van der Waals surface area contributed by atoms with E-state index in [9.17, 15) is 18.0 Å². The van der Waals surface area contributed by atoms with Crippen molar-refractivity contribution in [2.24, 2.45) is 0 Å². The average molecular weight is 439 g/mol. The molecule has 4 aromatic heterocycles. The molecule has 32 heavy (non-hydrogen) atoms. The summed E-state index contributed by atoms with van der Waals surface area (Å²) in [5.74, 6) is 0.00333. The summed E-state index contributed by atoms with van der Waals surface area (Å²) in [6, 6.07) is 5.81. The van der Waals surface area contributed by atoms with Gasteiger partial charge in [-0.15, -0.1) is 0 Å². The number of carbonyl (C=O) groups is 1. The SMILES string of the molecule is Cc1c(-c2ccnc(C(F)(F)F)c2)ncn1CC(=O)Nc1ccc(-c2cncnc2)cn1. The van der Waals surface area contributed by atoms with E-state index in [0.717, 1.165) is 23.4 Å². The number of halogens is 3. The number of alkyl halides is 3. The molecule has 0 aromatic carbocycles. The minimum Gasteiger partial charge on any atom is -0.325 e. The van der Waals surface area contributed by atoms with Crippen molar-refractivity contribution in [2.75, 3.05) is 5.32 Å². The predicted molar refractivity (Wildman–Crippen MR) is 109 cm³/mol. The number of imidazole rings is 1. The standard InChI is InChI=1S/C21H16F3N7O/c1-13-20(14-4-5-27-17(6-14)21(22,23)24)29-12-31(13)10-19(32)30-18-3-2-15(9-28-18)16-7-25-11-26-8-16/h2-9,11-12H,10H2,1H3,(H,28,30,32). The minimum atomic E-state index is -4.55. The maximum Gasteiger partial charge on any atom is 0.433 e. The van der Waals surface area contributed by atoms with Crippen molar-refractivity contribution in [1.29, 1.82) is 0 Å². The number of aromatic nitrogens is 6. The molecule has 0 aliphatic carbocycles. The van der Waals surface area contributed by atoms with Gasteiger partial charge in [-0.3, -0.25) is 9.78 Å². The molecule has 11 heteroatoms. The first-order valence-electron chi connectivity index (χ1n) is 9.38. The summed E-state index contributed by atoms with van der Waals surface area (Å²) in [7, 11) is 0. The van der Waals surface area contributed by atoms with Crippen molar-refractivity contribution >= 4 is 11.7 Å². The number of hydrogen-bond acceptors (Lipinski definition) is 6. The smallest absolute Gasteiger partial charge is 0.325 e. The molecule has 0 radical (unpaired) electrons. The van der Waals surface area contributed by atoms with Gasteiger partial charge in [0.2, 0.25) is 5.91 Å². The van der Waals surface area contributed by atoms with E-state index in [4.69, 9.17) is 0 Å². The Kier molecular flexibility index (Phi) is 5.63.